The van der Waals surface area contributed by atoms with Crippen molar-refractivity contribution < 1.29 is 15.2 Å². The fourth-order valence-corrected chi connectivity index (χ4v) is 1.68. The van der Waals surface area contributed by atoms with Gasteiger partial charge in [0.25, 0.3) is 0 Å². The van der Waals surface area contributed by atoms with E-state index in [0.717, 1.165) is 25.9 Å². The van der Waals surface area contributed by atoms with Gasteiger partial charge in [0.1, 0.15) is 6.09 Å². The number of hydrazine groups is 1. The van der Waals surface area contributed by atoms with Crippen molar-refractivity contribution in [1.82, 2.24) is 10.4 Å². The van der Waals surface area contributed by atoms with Crippen molar-refractivity contribution in [3.8, 4) is 0 Å². The number of carbonyl (C=O) groups is 1. The van der Waals surface area contributed by atoms with Crippen LogP contribution >= 0.6 is 0 Å². The van der Waals surface area contributed by atoms with Crippen LogP contribution in [-0.4, -0.2) is 37.3 Å². The van der Waals surface area contributed by atoms with Gasteiger partial charge in [-0.15, -0.1) is 0 Å². The molecule has 0 spiro atoms. The fraction of sp³-hybridized carbons (Fsp3) is 0.889. The van der Waals surface area contributed by atoms with E-state index in [-0.39, 0.29) is 0 Å². The van der Waals surface area contributed by atoms with E-state index in [1.165, 1.54) is 25.9 Å². The van der Waals surface area contributed by atoms with Crippen LogP contribution in [0.2, 0.25) is 0 Å². The van der Waals surface area contributed by atoms with Gasteiger partial charge in [-0.05, 0) is 12.8 Å². The lowest BCUT2D eigenvalue weighted by Crippen LogP contribution is -2.80. The largest absolute Gasteiger partial charge is 0.529 e. The van der Waals surface area contributed by atoms with Gasteiger partial charge in [0, 0.05) is 25.9 Å². The van der Waals surface area contributed by atoms with Crippen LogP contribution in [0.1, 0.15) is 25.7 Å². The molecule has 0 saturated carbocycles. The van der Waals surface area contributed by atoms with Gasteiger partial charge in [-0.25, -0.2) is 5.01 Å². The zero-order chi connectivity index (χ0) is 10.2. The number of hydrogen-bond donors (Lipinski definition) is 2. The fourth-order valence-electron chi connectivity index (χ4n) is 1.68. The number of nitrogens with zero attached hydrogens (tertiary/aromatic N) is 1. The predicted molar refractivity (Wildman–Crippen MR) is 50.2 cm³/mol. The molecule has 1 amide bonds. The summed E-state index contributed by atoms with van der Waals surface area (Å²) in [5, 5.41) is 13.9. The molecule has 14 heavy (non-hydrogen) atoms. The number of hydrogen-bond acceptors (Lipinski definition) is 3. The summed E-state index contributed by atoms with van der Waals surface area (Å²) in [5.74, 6) is 0. The zero-order valence-corrected chi connectivity index (χ0v) is 8.50. The summed E-state index contributed by atoms with van der Waals surface area (Å²) in [6.07, 6.45) is 3.82. The molecule has 2 aliphatic heterocycles. The molecule has 2 saturated heterocycles. The molecule has 2 rings (SSSR count). The predicted octanol–water partition coefficient (Wildman–Crippen LogP) is -1.73. The maximum absolute atomic E-state index is 9.89. The lowest BCUT2D eigenvalue weighted by atomic mass is 10.4. The second-order valence-corrected chi connectivity index (χ2v) is 3.67. The number of quaternary nitrogens is 1. The van der Waals surface area contributed by atoms with Gasteiger partial charge in [-0.3, -0.25) is 0 Å². The van der Waals surface area contributed by atoms with Crippen LogP contribution in [0.25, 0.3) is 0 Å². The average molecular weight is 201 g/mol. The van der Waals surface area contributed by atoms with E-state index in [0.29, 0.717) is 0 Å². The minimum atomic E-state index is -1.21. The first-order valence-electron chi connectivity index (χ1n) is 5.33. The van der Waals surface area contributed by atoms with Gasteiger partial charge < -0.3 is 20.6 Å². The second kappa shape index (κ2) is 6.62. The monoisotopic (exact) mass is 201 g/mol. The zero-order valence-electron chi connectivity index (χ0n) is 8.50. The van der Waals surface area contributed by atoms with Gasteiger partial charge in [-0.2, -0.15) is 0 Å². The highest BCUT2D eigenvalue weighted by Crippen LogP contribution is 2.02. The molecule has 0 atom stereocenters. The first-order chi connectivity index (χ1) is 6.79. The molecule has 2 aliphatic rings. The summed E-state index contributed by atoms with van der Waals surface area (Å²) in [4.78, 5) is 9.89. The Morgan fingerprint density at radius 2 is 1.71 bits per heavy atom. The number of rotatable bonds is 1. The highest BCUT2D eigenvalue weighted by Gasteiger charge is 2.09. The molecule has 2 fully saturated rings. The third-order valence-corrected chi connectivity index (χ3v) is 2.42. The van der Waals surface area contributed by atoms with Crippen LogP contribution in [0.5, 0.6) is 0 Å². The number of nitrogens with two attached hydrogens (primary N) is 1. The highest BCUT2D eigenvalue weighted by molar-refractivity contribution is 5.61. The molecular formula is C9H19N3O2. The quantitative estimate of drug-likeness (QED) is 0.530. The highest BCUT2D eigenvalue weighted by atomic mass is 16.4. The molecule has 2 heterocycles. The molecule has 0 aromatic carbocycles. The second-order valence-electron chi connectivity index (χ2n) is 3.67. The minimum absolute atomic E-state index is 0.813. The van der Waals surface area contributed by atoms with E-state index < -0.39 is 6.09 Å². The number of carbonyl (C=O) groups excluding carboxylic acids is 1. The van der Waals surface area contributed by atoms with Crippen LogP contribution in [0.3, 0.4) is 0 Å². The lowest BCUT2D eigenvalue weighted by molar-refractivity contribution is -0.635. The molecule has 82 valence electrons. The van der Waals surface area contributed by atoms with Crippen molar-refractivity contribution in [3.63, 3.8) is 0 Å². The van der Waals surface area contributed by atoms with Gasteiger partial charge >= 0.3 is 0 Å². The molecular weight excluding hydrogens is 182 g/mol. The van der Waals surface area contributed by atoms with Crippen LogP contribution in [0, 0.1) is 0 Å². The number of carboxylic acid groups (broad SMARTS) is 1. The molecule has 5 nitrogen and oxygen atoms in total. The van der Waals surface area contributed by atoms with Crippen molar-refractivity contribution in [1.29, 1.82) is 0 Å². The van der Waals surface area contributed by atoms with Crippen molar-refractivity contribution in [2.45, 2.75) is 25.7 Å². The molecule has 0 unspecified atom stereocenters. The SMILES string of the molecule is C1CC[NH2+]C1.O=C([O-])NN1CCCC1. The van der Waals surface area contributed by atoms with E-state index in [4.69, 9.17) is 0 Å². The smallest absolute Gasteiger partial charge is 0.149 e. The van der Waals surface area contributed by atoms with Gasteiger partial charge in [0.15, 0.2) is 0 Å². The summed E-state index contributed by atoms with van der Waals surface area (Å²) < 4.78 is 0. The standard InChI is InChI=1S/C5H10N2O2.C4H9N/c8-5(9)6-7-3-1-2-4-7;1-2-4-5-3-1/h6H,1-4H2,(H,8,9);5H,1-4H2. The maximum Gasteiger partial charge on any atom is 0.149 e. The van der Waals surface area contributed by atoms with Crippen LogP contribution in [-0.2, 0) is 0 Å². The Labute approximate surface area is 84.4 Å². The maximum atomic E-state index is 9.89. The molecule has 5 heteroatoms. The topological polar surface area (TPSA) is 72.0 Å². The van der Waals surface area contributed by atoms with Crippen LogP contribution in [0.15, 0.2) is 0 Å². The Morgan fingerprint density at radius 3 is 2.07 bits per heavy atom. The van der Waals surface area contributed by atoms with Crippen molar-refractivity contribution in [2.24, 2.45) is 0 Å². The number of nitrogens with one attached hydrogen (secondary N) is 1. The van der Waals surface area contributed by atoms with Crippen LogP contribution < -0.4 is 15.8 Å². The van der Waals surface area contributed by atoms with E-state index >= 15 is 0 Å². The minimum Gasteiger partial charge on any atom is -0.529 e. The first kappa shape index (κ1) is 11.3. The van der Waals surface area contributed by atoms with Crippen molar-refractivity contribution in [3.05, 3.63) is 0 Å². The van der Waals surface area contributed by atoms with E-state index in [1.807, 2.05) is 0 Å². The lowest BCUT2D eigenvalue weighted by Gasteiger charge is -2.17. The Bertz CT molecular complexity index is 158. The summed E-state index contributed by atoms with van der Waals surface area (Å²) >= 11 is 0. The summed E-state index contributed by atoms with van der Waals surface area (Å²) in [7, 11) is 0. The van der Waals surface area contributed by atoms with Gasteiger partial charge in [0.05, 0.1) is 13.1 Å². The third-order valence-electron chi connectivity index (χ3n) is 2.42. The van der Waals surface area contributed by atoms with E-state index in [9.17, 15) is 9.90 Å². The van der Waals surface area contributed by atoms with Crippen molar-refractivity contribution in [2.75, 3.05) is 26.2 Å². The molecule has 0 radical (unpaired) electrons. The van der Waals surface area contributed by atoms with Crippen molar-refractivity contribution >= 4 is 6.09 Å². The van der Waals surface area contributed by atoms with Crippen LogP contribution in [0.4, 0.5) is 4.79 Å². The van der Waals surface area contributed by atoms with E-state index in [2.05, 4.69) is 10.7 Å². The number of amides is 1. The van der Waals surface area contributed by atoms with Gasteiger partial charge in [-0.1, -0.05) is 0 Å². The Kier molecular flexibility index (Phi) is 5.32. The Morgan fingerprint density at radius 1 is 1.14 bits per heavy atom. The summed E-state index contributed by atoms with van der Waals surface area (Å²) in [6, 6.07) is 0. The Balaban J connectivity index is 0.000000165. The van der Waals surface area contributed by atoms with Gasteiger partial charge in [0.2, 0.25) is 0 Å². The Hall–Kier alpha value is -0.810. The summed E-state index contributed by atoms with van der Waals surface area (Å²) in [5.41, 5.74) is 2.18. The molecule has 0 aromatic heterocycles. The summed E-state index contributed by atoms with van der Waals surface area (Å²) in [6.45, 7) is 4.38. The average Bonchev–Trinajstić information content (AvgIpc) is 2.75. The molecule has 0 aliphatic carbocycles. The molecule has 3 N–H and O–H groups in total. The third kappa shape index (κ3) is 5.04. The molecule has 0 aromatic rings. The van der Waals surface area contributed by atoms with E-state index in [1.54, 1.807) is 5.01 Å². The first-order valence-corrected chi connectivity index (χ1v) is 5.33. The molecule has 0 bridgehead atoms. The normalized spacial score (nSPS) is 21.4.